The number of anilines is 1. The second kappa shape index (κ2) is 11.0. The highest BCUT2D eigenvalue weighted by Crippen LogP contribution is 2.31. The van der Waals surface area contributed by atoms with Gasteiger partial charge in [-0.1, -0.05) is 42.5 Å². The molecule has 3 rings (SSSR count). The summed E-state index contributed by atoms with van der Waals surface area (Å²) in [6.45, 7) is 1.91. The number of para-hydroxylation sites is 1. The molecule has 0 saturated carbocycles. The average molecular weight is 494 g/mol. The SMILES string of the molecule is CN=C(NCc1cccc(COC)c1)NCC1CC(=O)Nc2ccccc21.I. The van der Waals surface area contributed by atoms with Gasteiger partial charge in [0, 0.05) is 45.3 Å². The predicted octanol–water partition coefficient (Wildman–Crippen LogP) is 3.24. The fourth-order valence-corrected chi connectivity index (χ4v) is 3.31. The minimum Gasteiger partial charge on any atom is -0.380 e. The number of nitrogens with one attached hydrogen (secondary N) is 3. The lowest BCUT2D eigenvalue weighted by Gasteiger charge is -2.26. The van der Waals surface area contributed by atoms with E-state index in [2.05, 4.69) is 39.1 Å². The normalized spacial score (nSPS) is 15.9. The molecule has 0 radical (unpaired) electrons. The maximum atomic E-state index is 12.0. The number of methoxy groups -OCH3 is 1. The average Bonchev–Trinajstić information content (AvgIpc) is 2.68. The number of benzene rings is 2. The van der Waals surface area contributed by atoms with E-state index < -0.39 is 0 Å². The zero-order valence-corrected chi connectivity index (χ0v) is 18.5. The van der Waals surface area contributed by atoms with Gasteiger partial charge in [-0.25, -0.2) is 0 Å². The number of amides is 1. The molecule has 1 amide bonds. The third-order valence-electron chi connectivity index (χ3n) is 4.61. The van der Waals surface area contributed by atoms with Crippen LogP contribution in [0, 0.1) is 0 Å². The maximum Gasteiger partial charge on any atom is 0.225 e. The van der Waals surface area contributed by atoms with Crippen molar-refractivity contribution in [3.8, 4) is 0 Å². The van der Waals surface area contributed by atoms with Crippen molar-refractivity contribution in [1.82, 2.24) is 10.6 Å². The van der Waals surface area contributed by atoms with Crippen molar-refractivity contribution in [3.63, 3.8) is 0 Å². The zero-order chi connectivity index (χ0) is 19.1. The van der Waals surface area contributed by atoms with Gasteiger partial charge >= 0.3 is 0 Å². The van der Waals surface area contributed by atoms with Crippen molar-refractivity contribution < 1.29 is 9.53 Å². The van der Waals surface area contributed by atoms with Gasteiger partial charge in [-0.3, -0.25) is 9.79 Å². The first-order chi connectivity index (χ1) is 13.2. The van der Waals surface area contributed by atoms with Gasteiger partial charge in [0.15, 0.2) is 5.96 Å². The Morgan fingerprint density at radius 2 is 1.96 bits per heavy atom. The lowest BCUT2D eigenvalue weighted by Crippen LogP contribution is -2.40. The highest BCUT2D eigenvalue weighted by atomic mass is 127. The van der Waals surface area contributed by atoms with Crippen molar-refractivity contribution >= 4 is 41.5 Å². The van der Waals surface area contributed by atoms with E-state index in [0.29, 0.717) is 26.1 Å². The number of nitrogens with zero attached hydrogens (tertiary/aromatic N) is 1. The Kier molecular flexibility index (Phi) is 8.72. The van der Waals surface area contributed by atoms with Crippen LogP contribution in [0.1, 0.15) is 29.0 Å². The van der Waals surface area contributed by atoms with Crippen molar-refractivity contribution in [2.45, 2.75) is 25.5 Å². The Labute approximate surface area is 183 Å². The van der Waals surface area contributed by atoms with E-state index in [0.717, 1.165) is 28.3 Å². The van der Waals surface area contributed by atoms with Crippen LogP contribution in [0.15, 0.2) is 53.5 Å². The number of guanidine groups is 1. The van der Waals surface area contributed by atoms with Gasteiger partial charge in [0.1, 0.15) is 0 Å². The smallest absolute Gasteiger partial charge is 0.225 e. The van der Waals surface area contributed by atoms with Crippen LogP contribution in [0.4, 0.5) is 5.69 Å². The summed E-state index contributed by atoms with van der Waals surface area (Å²) >= 11 is 0. The second-order valence-electron chi connectivity index (χ2n) is 6.60. The van der Waals surface area contributed by atoms with E-state index in [9.17, 15) is 4.79 Å². The largest absolute Gasteiger partial charge is 0.380 e. The van der Waals surface area contributed by atoms with Crippen LogP contribution in [0.5, 0.6) is 0 Å². The topological polar surface area (TPSA) is 74.8 Å². The molecule has 0 saturated heterocycles. The molecule has 1 aliphatic heterocycles. The Bertz CT molecular complexity index is 826. The second-order valence-corrected chi connectivity index (χ2v) is 6.60. The fraction of sp³-hybridized carbons (Fsp3) is 0.333. The third kappa shape index (κ3) is 5.93. The van der Waals surface area contributed by atoms with Gasteiger partial charge in [-0.2, -0.15) is 0 Å². The van der Waals surface area contributed by atoms with Crippen molar-refractivity contribution in [2.24, 2.45) is 4.99 Å². The quantitative estimate of drug-likeness (QED) is 0.328. The third-order valence-corrected chi connectivity index (χ3v) is 4.61. The summed E-state index contributed by atoms with van der Waals surface area (Å²) in [7, 11) is 3.44. The number of halogens is 1. The molecule has 28 heavy (non-hydrogen) atoms. The van der Waals surface area contributed by atoms with Gasteiger partial charge in [0.2, 0.25) is 5.91 Å². The summed E-state index contributed by atoms with van der Waals surface area (Å²) in [5, 5.41) is 9.60. The van der Waals surface area contributed by atoms with Crippen molar-refractivity contribution in [3.05, 3.63) is 65.2 Å². The van der Waals surface area contributed by atoms with E-state index in [1.165, 1.54) is 0 Å². The molecule has 3 N–H and O–H groups in total. The minimum absolute atomic E-state index is 0. The zero-order valence-electron chi connectivity index (χ0n) is 16.2. The minimum atomic E-state index is 0. The molecule has 0 spiro atoms. The molecule has 0 fully saturated rings. The van der Waals surface area contributed by atoms with E-state index in [1.807, 2.05) is 30.3 Å². The first-order valence-corrected chi connectivity index (χ1v) is 9.09. The van der Waals surface area contributed by atoms with Crippen LogP contribution in [0.3, 0.4) is 0 Å². The molecular formula is C21H27IN4O2. The Morgan fingerprint density at radius 1 is 1.18 bits per heavy atom. The molecule has 1 heterocycles. The summed E-state index contributed by atoms with van der Waals surface area (Å²) in [6, 6.07) is 16.2. The molecule has 2 aromatic rings. The summed E-state index contributed by atoms with van der Waals surface area (Å²) < 4.78 is 5.18. The van der Waals surface area contributed by atoms with E-state index in [4.69, 9.17) is 4.74 Å². The van der Waals surface area contributed by atoms with Crippen LogP contribution < -0.4 is 16.0 Å². The molecule has 6 nitrogen and oxygen atoms in total. The molecule has 150 valence electrons. The Morgan fingerprint density at radius 3 is 2.75 bits per heavy atom. The standard InChI is InChI=1S/C21H26N4O2.HI/c1-22-21(23-12-15-6-5-7-16(10-15)14-27-2)24-13-17-11-20(26)25-19-9-4-3-8-18(17)19;/h3-10,17H,11-14H2,1-2H3,(H,25,26)(H2,22,23,24);1H. The first-order valence-electron chi connectivity index (χ1n) is 9.09. The number of fused-ring (bicyclic) bond motifs is 1. The highest BCUT2D eigenvalue weighted by molar-refractivity contribution is 14.0. The van der Waals surface area contributed by atoms with Crippen LogP contribution >= 0.6 is 24.0 Å². The molecule has 1 atom stereocenters. The van der Waals surface area contributed by atoms with Crippen molar-refractivity contribution in [2.75, 3.05) is 26.0 Å². The Hall–Kier alpha value is -2.13. The van der Waals surface area contributed by atoms with Crippen LogP contribution in [0.2, 0.25) is 0 Å². The van der Waals surface area contributed by atoms with Crippen LogP contribution in [-0.4, -0.2) is 32.6 Å². The molecule has 2 aromatic carbocycles. The number of rotatable bonds is 6. The number of ether oxygens (including phenoxy) is 1. The van der Waals surface area contributed by atoms with Crippen LogP contribution in [0.25, 0.3) is 0 Å². The van der Waals surface area contributed by atoms with E-state index in [-0.39, 0.29) is 35.8 Å². The maximum absolute atomic E-state index is 12.0. The number of carbonyl (C=O) groups excluding carboxylic acids is 1. The van der Waals surface area contributed by atoms with Crippen molar-refractivity contribution in [1.29, 1.82) is 0 Å². The van der Waals surface area contributed by atoms with Gasteiger partial charge in [0.05, 0.1) is 6.61 Å². The molecule has 7 heteroatoms. The monoisotopic (exact) mass is 494 g/mol. The lowest BCUT2D eigenvalue weighted by molar-refractivity contribution is -0.116. The first kappa shape index (κ1) is 22.2. The van der Waals surface area contributed by atoms with E-state index >= 15 is 0 Å². The highest BCUT2D eigenvalue weighted by Gasteiger charge is 2.24. The fourth-order valence-electron chi connectivity index (χ4n) is 3.31. The molecule has 1 aliphatic rings. The molecular weight excluding hydrogens is 467 g/mol. The number of hydrogen-bond acceptors (Lipinski definition) is 3. The molecule has 0 aromatic heterocycles. The summed E-state index contributed by atoms with van der Waals surface area (Å²) in [6.07, 6.45) is 0.472. The van der Waals surface area contributed by atoms with Crippen LogP contribution in [-0.2, 0) is 22.7 Å². The number of hydrogen-bond donors (Lipinski definition) is 3. The number of aliphatic imine (C=N–C) groups is 1. The van der Waals surface area contributed by atoms with Gasteiger partial charge in [-0.15, -0.1) is 24.0 Å². The summed E-state index contributed by atoms with van der Waals surface area (Å²) in [5.41, 5.74) is 4.37. The van der Waals surface area contributed by atoms with Gasteiger partial charge in [-0.05, 0) is 22.8 Å². The van der Waals surface area contributed by atoms with Gasteiger partial charge in [0.25, 0.3) is 0 Å². The molecule has 1 unspecified atom stereocenters. The summed E-state index contributed by atoms with van der Waals surface area (Å²) in [4.78, 5) is 16.2. The van der Waals surface area contributed by atoms with Gasteiger partial charge < -0.3 is 20.7 Å². The summed E-state index contributed by atoms with van der Waals surface area (Å²) in [5.74, 6) is 0.896. The molecule has 0 aliphatic carbocycles. The van der Waals surface area contributed by atoms with E-state index in [1.54, 1.807) is 14.2 Å². The predicted molar refractivity (Wildman–Crippen MR) is 123 cm³/mol. The Balaban J connectivity index is 0.00000280. The lowest BCUT2D eigenvalue weighted by atomic mass is 9.90. The number of carbonyl (C=O) groups is 1. The molecule has 0 bridgehead atoms.